The molecule has 2 aromatic heterocycles. The van der Waals surface area contributed by atoms with Crippen molar-refractivity contribution < 1.29 is 13.2 Å². The van der Waals surface area contributed by atoms with E-state index in [-0.39, 0.29) is 5.95 Å². The highest BCUT2D eigenvalue weighted by atomic mass is 19.4. The van der Waals surface area contributed by atoms with Gasteiger partial charge in [0.1, 0.15) is 5.69 Å². The third-order valence-electron chi connectivity index (χ3n) is 3.18. The maximum absolute atomic E-state index is 12.6. The number of anilines is 1. The number of alkyl halides is 3. The lowest BCUT2D eigenvalue weighted by molar-refractivity contribution is -0.141. The van der Waals surface area contributed by atoms with E-state index in [0.29, 0.717) is 19.0 Å². The number of hydrogen-bond acceptors (Lipinski definition) is 4. The van der Waals surface area contributed by atoms with Crippen LogP contribution in [-0.4, -0.2) is 32.8 Å². The van der Waals surface area contributed by atoms with E-state index >= 15 is 0 Å². The van der Waals surface area contributed by atoms with Gasteiger partial charge in [-0.3, -0.25) is 4.68 Å². The molecule has 2 aromatic rings. The summed E-state index contributed by atoms with van der Waals surface area (Å²) < 4.78 is 39.5. The zero-order valence-electron chi connectivity index (χ0n) is 10.5. The fourth-order valence-corrected chi connectivity index (χ4v) is 2.18. The van der Waals surface area contributed by atoms with Crippen molar-refractivity contribution in [3.05, 3.63) is 36.4 Å². The Labute approximate surface area is 113 Å². The number of hydrogen-bond donors (Lipinski definition) is 0. The van der Waals surface area contributed by atoms with Gasteiger partial charge in [0.2, 0.25) is 5.95 Å². The van der Waals surface area contributed by atoms with Crippen molar-refractivity contribution in [3.63, 3.8) is 0 Å². The Bertz CT molecular complexity index is 575. The van der Waals surface area contributed by atoms with Gasteiger partial charge in [-0.15, -0.1) is 0 Å². The number of rotatable bonds is 3. The minimum atomic E-state index is -4.43. The predicted molar refractivity (Wildman–Crippen MR) is 65.0 cm³/mol. The van der Waals surface area contributed by atoms with E-state index in [9.17, 15) is 13.2 Å². The summed E-state index contributed by atoms with van der Waals surface area (Å²) in [4.78, 5) is 9.20. The molecule has 1 saturated heterocycles. The molecule has 0 atom stereocenters. The van der Waals surface area contributed by atoms with Crippen LogP contribution in [0.4, 0.5) is 19.1 Å². The third kappa shape index (κ3) is 2.59. The summed E-state index contributed by atoms with van der Waals surface area (Å²) >= 11 is 0. The van der Waals surface area contributed by atoms with E-state index in [1.54, 1.807) is 11.1 Å². The van der Waals surface area contributed by atoms with E-state index in [4.69, 9.17) is 0 Å². The van der Waals surface area contributed by atoms with Gasteiger partial charge in [-0.05, 0) is 12.1 Å². The van der Waals surface area contributed by atoms with E-state index in [2.05, 4.69) is 15.1 Å². The third-order valence-corrected chi connectivity index (χ3v) is 3.18. The Hall–Kier alpha value is -2.12. The molecule has 0 N–H and O–H groups in total. The van der Waals surface area contributed by atoms with Crippen molar-refractivity contribution >= 4 is 5.95 Å². The quantitative estimate of drug-likeness (QED) is 0.862. The lowest BCUT2D eigenvalue weighted by Gasteiger charge is -2.39. The van der Waals surface area contributed by atoms with Gasteiger partial charge in [0.25, 0.3) is 0 Å². The molecule has 0 amide bonds. The number of aromatic nitrogens is 4. The Morgan fingerprint density at radius 2 is 2.05 bits per heavy atom. The molecule has 0 aliphatic carbocycles. The van der Waals surface area contributed by atoms with Gasteiger partial charge in [0.05, 0.1) is 0 Å². The monoisotopic (exact) mass is 283 g/mol. The van der Waals surface area contributed by atoms with Gasteiger partial charge in [0, 0.05) is 44.1 Å². The Morgan fingerprint density at radius 3 is 2.70 bits per heavy atom. The van der Waals surface area contributed by atoms with Crippen LogP contribution < -0.4 is 4.90 Å². The SMILES string of the molecule is FC(F)(F)c1ccnc(N2CC(Cn3cccn3)C2)n1. The molecular formula is C12H12F3N5. The van der Waals surface area contributed by atoms with Gasteiger partial charge in [-0.2, -0.15) is 18.3 Å². The summed E-state index contributed by atoms with van der Waals surface area (Å²) in [6.45, 7) is 2.03. The molecule has 1 aliphatic heterocycles. The zero-order chi connectivity index (χ0) is 14.2. The topological polar surface area (TPSA) is 46.8 Å². The molecule has 3 heterocycles. The van der Waals surface area contributed by atoms with Gasteiger partial charge in [0.15, 0.2) is 0 Å². The van der Waals surface area contributed by atoms with E-state index < -0.39 is 11.9 Å². The molecule has 3 rings (SSSR count). The minimum absolute atomic E-state index is 0.136. The summed E-state index contributed by atoms with van der Waals surface area (Å²) in [7, 11) is 0. The Kier molecular flexibility index (Phi) is 3.07. The molecule has 5 nitrogen and oxygen atoms in total. The predicted octanol–water partition coefficient (Wildman–Crippen LogP) is 1.83. The van der Waals surface area contributed by atoms with E-state index in [1.807, 2.05) is 16.9 Å². The zero-order valence-corrected chi connectivity index (χ0v) is 10.5. The second-order valence-corrected chi connectivity index (χ2v) is 4.74. The summed E-state index contributed by atoms with van der Waals surface area (Å²) in [5.41, 5.74) is -0.905. The molecule has 106 valence electrons. The van der Waals surface area contributed by atoms with Crippen LogP contribution in [-0.2, 0) is 12.7 Å². The van der Waals surface area contributed by atoms with Crippen LogP contribution in [0.5, 0.6) is 0 Å². The standard InChI is InChI=1S/C12H12F3N5/c13-12(14,15)10-2-4-16-11(18-10)19-6-9(7-19)8-20-5-1-3-17-20/h1-5,9H,6-8H2. The molecule has 0 spiro atoms. The van der Waals surface area contributed by atoms with Crippen LogP contribution >= 0.6 is 0 Å². The van der Waals surface area contributed by atoms with Crippen LogP contribution in [0.2, 0.25) is 0 Å². The molecule has 0 bridgehead atoms. The average molecular weight is 283 g/mol. The molecule has 0 radical (unpaired) electrons. The molecule has 0 aromatic carbocycles. The average Bonchev–Trinajstić information content (AvgIpc) is 2.85. The molecular weight excluding hydrogens is 271 g/mol. The first-order valence-electron chi connectivity index (χ1n) is 6.15. The van der Waals surface area contributed by atoms with Crippen LogP contribution in [0.1, 0.15) is 5.69 Å². The number of nitrogens with zero attached hydrogens (tertiary/aromatic N) is 5. The molecule has 0 saturated carbocycles. The second kappa shape index (κ2) is 4.77. The lowest BCUT2D eigenvalue weighted by atomic mass is 10.0. The summed E-state index contributed by atoms with van der Waals surface area (Å²) in [6.07, 6.45) is 0.277. The Balaban J connectivity index is 1.62. The molecule has 1 fully saturated rings. The minimum Gasteiger partial charge on any atom is -0.340 e. The van der Waals surface area contributed by atoms with Crippen molar-refractivity contribution in [2.45, 2.75) is 12.7 Å². The van der Waals surface area contributed by atoms with Gasteiger partial charge < -0.3 is 4.90 Å². The van der Waals surface area contributed by atoms with E-state index in [0.717, 1.165) is 18.8 Å². The van der Waals surface area contributed by atoms with E-state index in [1.165, 1.54) is 0 Å². The van der Waals surface area contributed by atoms with Crippen LogP contribution in [0, 0.1) is 5.92 Å². The molecule has 20 heavy (non-hydrogen) atoms. The normalized spacial score (nSPS) is 16.2. The number of halogens is 3. The maximum atomic E-state index is 12.6. The summed E-state index contributed by atoms with van der Waals surface area (Å²) in [5.74, 6) is 0.490. The van der Waals surface area contributed by atoms with Gasteiger partial charge >= 0.3 is 6.18 Å². The lowest BCUT2D eigenvalue weighted by Crippen LogP contribution is -2.49. The van der Waals surface area contributed by atoms with Crippen molar-refractivity contribution in [2.24, 2.45) is 5.92 Å². The largest absolute Gasteiger partial charge is 0.433 e. The van der Waals surface area contributed by atoms with Crippen molar-refractivity contribution in [1.82, 2.24) is 19.7 Å². The second-order valence-electron chi connectivity index (χ2n) is 4.74. The molecule has 8 heteroatoms. The van der Waals surface area contributed by atoms with Crippen LogP contribution in [0.15, 0.2) is 30.7 Å². The first-order valence-corrected chi connectivity index (χ1v) is 6.15. The van der Waals surface area contributed by atoms with Crippen molar-refractivity contribution in [1.29, 1.82) is 0 Å². The molecule has 0 unspecified atom stereocenters. The fraction of sp³-hybridized carbons (Fsp3) is 0.417. The molecule has 1 aliphatic rings. The highest BCUT2D eigenvalue weighted by molar-refractivity contribution is 5.34. The Morgan fingerprint density at radius 1 is 1.25 bits per heavy atom. The van der Waals surface area contributed by atoms with Crippen LogP contribution in [0.3, 0.4) is 0 Å². The smallest absolute Gasteiger partial charge is 0.340 e. The van der Waals surface area contributed by atoms with Crippen LogP contribution in [0.25, 0.3) is 0 Å². The highest BCUT2D eigenvalue weighted by Crippen LogP contribution is 2.29. The summed E-state index contributed by atoms with van der Waals surface area (Å²) in [5, 5.41) is 4.10. The van der Waals surface area contributed by atoms with Gasteiger partial charge in [-0.25, -0.2) is 9.97 Å². The fourth-order valence-electron chi connectivity index (χ4n) is 2.18. The van der Waals surface area contributed by atoms with Crippen molar-refractivity contribution in [3.8, 4) is 0 Å². The maximum Gasteiger partial charge on any atom is 0.433 e. The first kappa shape index (κ1) is 12.9. The summed E-state index contributed by atoms with van der Waals surface area (Å²) in [6, 6.07) is 2.72. The van der Waals surface area contributed by atoms with Gasteiger partial charge in [-0.1, -0.05) is 0 Å². The highest BCUT2D eigenvalue weighted by Gasteiger charge is 2.35. The van der Waals surface area contributed by atoms with Crippen molar-refractivity contribution in [2.75, 3.05) is 18.0 Å². The first-order chi connectivity index (χ1) is 9.52.